The van der Waals surface area contributed by atoms with Crippen LogP contribution >= 0.6 is 0 Å². The summed E-state index contributed by atoms with van der Waals surface area (Å²) in [5, 5.41) is 8.75. The SMILES string of the molecule is O=C(O)c1cccn2ccnc12.[Li]. The van der Waals surface area contributed by atoms with Crippen LogP contribution in [0.2, 0.25) is 0 Å². The summed E-state index contributed by atoms with van der Waals surface area (Å²) in [6, 6.07) is 3.21. The molecule has 0 saturated carbocycles. The molecule has 0 saturated heterocycles. The molecule has 1 N–H and O–H groups in total. The van der Waals surface area contributed by atoms with E-state index in [1.807, 2.05) is 0 Å². The van der Waals surface area contributed by atoms with Crippen LogP contribution in [0.3, 0.4) is 0 Å². The molecular weight excluding hydrogens is 163 g/mol. The summed E-state index contributed by atoms with van der Waals surface area (Å²) >= 11 is 0. The zero-order chi connectivity index (χ0) is 8.55. The number of aromatic nitrogens is 2. The molecule has 0 unspecified atom stereocenters. The molecule has 5 heteroatoms. The van der Waals surface area contributed by atoms with E-state index in [0.717, 1.165) is 0 Å². The number of carbonyl (C=O) groups is 1. The largest absolute Gasteiger partial charge is 0.478 e. The number of carboxylic acids is 1. The molecule has 2 aromatic rings. The molecule has 2 aromatic heterocycles. The topological polar surface area (TPSA) is 54.6 Å². The molecule has 0 atom stereocenters. The van der Waals surface area contributed by atoms with Crippen molar-refractivity contribution in [3.8, 4) is 0 Å². The molecule has 0 amide bonds. The summed E-state index contributed by atoms with van der Waals surface area (Å²) in [7, 11) is 0. The van der Waals surface area contributed by atoms with Crippen molar-refractivity contribution in [1.29, 1.82) is 0 Å². The van der Waals surface area contributed by atoms with E-state index >= 15 is 0 Å². The second kappa shape index (κ2) is 3.65. The standard InChI is InChI=1S/C8H6N2O2.Li/c11-8(12)6-2-1-4-10-5-3-9-7(6)10;/h1-5H,(H,11,12);. The zero-order valence-electron chi connectivity index (χ0n) is 7.14. The molecule has 0 aliphatic rings. The minimum atomic E-state index is -0.952. The molecule has 2 rings (SSSR count). The summed E-state index contributed by atoms with van der Waals surface area (Å²) < 4.78 is 1.67. The normalized spacial score (nSPS) is 9.54. The van der Waals surface area contributed by atoms with Gasteiger partial charge in [0.15, 0.2) is 5.65 Å². The molecule has 0 fully saturated rings. The van der Waals surface area contributed by atoms with Gasteiger partial charge < -0.3 is 9.51 Å². The minimum absolute atomic E-state index is 0. The number of nitrogens with zero attached hydrogens (tertiary/aromatic N) is 2. The van der Waals surface area contributed by atoms with Crippen molar-refractivity contribution < 1.29 is 9.90 Å². The molecule has 1 radical (unpaired) electrons. The predicted octanol–water partition coefficient (Wildman–Crippen LogP) is 0.652. The molecule has 0 aliphatic heterocycles. The van der Waals surface area contributed by atoms with E-state index in [-0.39, 0.29) is 24.4 Å². The monoisotopic (exact) mass is 169 g/mol. The fraction of sp³-hybridized carbons (Fsp3) is 0. The first-order valence-corrected chi connectivity index (χ1v) is 3.44. The average molecular weight is 169 g/mol. The fourth-order valence-corrected chi connectivity index (χ4v) is 1.12. The number of hydrogen-bond donors (Lipinski definition) is 1. The van der Waals surface area contributed by atoms with E-state index in [1.165, 1.54) is 6.07 Å². The Balaban J connectivity index is 0.000000845. The Labute approximate surface area is 86.4 Å². The predicted molar refractivity (Wildman–Crippen MR) is 47.9 cm³/mol. The van der Waals surface area contributed by atoms with E-state index in [1.54, 1.807) is 29.1 Å². The van der Waals surface area contributed by atoms with E-state index < -0.39 is 5.97 Å². The van der Waals surface area contributed by atoms with Crippen molar-refractivity contribution in [2.75, 3.05) is 0 Å². The van der Waals surface area contributed by atoms with Crippen molar-refractivity contribution in [3.63, 3.8) is 0 Å². The van der Waals surface area contributed by atoms with Gasteiger partial charge in [-0.2, -0.15) is 0 Å². The van der Waals surface area contributed by atoms with Crippen LogP contribution in [-0.4, -0.2) is 39.3 Å². The Morgan fingerprint density at radius 3 is 2.92 bits per heavy atom. The van der Waals surface area contributed by atoms with Crippen LogP contribution in [0.1, 0.15) is 10.4 Å². The zero-order valence-corrected chi connectivity index (χ0v) is 7.14. The molecule has 0 spiro atoms. The molecule has 0 aliphatic carbocycles. The molecule has 4 nitrogen and oxygen atoms in total. The second-order valence-corrected chi connectivity index (χ2v) is 2.39. The average Bonchev–Trinajstić information content (AvgIpc) is 2.49. The van der Waals surface area contributed by atoms with Crippen LogP contribution in [0.4, 0.5) is 0 Å². The second-order valence-electron chi connectivity index (χ2n) is 2.39. The first kappa shape index (κ1) is 9.84. The number of carboxylic acid groups (broad SMARTS) is 1. The van der Waals surface area contributed by atoms with Crippen molar-refractivity contribution in [1.82, 2.24) is 9.38 Å². The van der Waals surface area contributed by atoms with Gasteiger partial charge in [-0.15, -0.1) is 0 Å². The van der Waals surface area contributed by atoms with Gasteiger partial charge >= 0.3 is 5.97 Å². The maximum atomic E-state index is 10.7. The number of fused-ring (bicyclic) bond motifs is 1. The van der Waals surface area contributed by atoms with E-state index in [4.69, 9.17) is 5.11 Å². The molecule has 2 heterocycles. The third-order valence-electron chi connectivity index (χ3n) is 1.65. The minimum Gasteiger partial charge on any atom is -0.478 e. The van der Waals surface area contributed by atoms with Gasteiger partial charge in [0.2, 0.25) is 0 Å². The van der Waals surface area contributed by atoms with Gasteiger partial charge in [0, 0.05) is 37.5 Å². The Morgan fingerprint density at radius 2 is 2.23 bits per heavy atom. The van der Waals surface area contributed by atoms with Gasteiger partial charge in [0.25, 0.3) is 0 Å². The maximum Gasteiger partial charge on any atom is 0.339 e. The number of imidazole rings is 1. The van der Waals surface area contributed by atoms with Crippen LogP contribution in [-0.2, 0) is 0 Å². The van der Waals surface area contributed by atoms with E-state index in [0.29, 0.717) is 5.65 Å². The third kappa shape index (κ3) is 1.59. The summed E-state index contributed by atoms with van der Waals surface area (Å²) in [5.74, 6) is -0.952. The first-order valence-electron chi connectivity index (χ1n) is 3.44. The van der Waals surface area contributed by atoms with Gasteiger partial charge in [-0.3, -0.25) is 0 Å². The van der Waals surface area contributed by atoms with Crippen LogP contribution < -0.4 is 0 Å². The van der Waals surface area contributed by atoms with Crippen LogP contribution in [0.15, 0.2) is 30.7 Å². The maximum absolute atomic E-state index is 10.7. The van der Waals surface area contributed by atoms with Gasteiger partial charge in [-0.05, 0) is 12.1 Å². The quantitative estimate of drug-likeness (QED) is 0.637. The molecule has 0 bridgehead atoms. The van der Waals surface area contributed by atoms with Gasteiger partial charge in [0.1, 0.15) is 5.56 Å². The Hall–Kier alpha value is -1.24. The van der Waals surface area contributed by atoms with Crippen LogP contribution in [0.25, 0.3) is 5.65 Å². The molecular formula is C8H6LiN2O2. The number of rotatable bonds is 1. The van der Waals surface area contributed by atoms with Crippen LogP contribution in [0, 0.1) is 0 Å². The van der Waals surface area contributed by atoms with Gasteiger partial charge in [-0.1, -0.05) is 0 Å². The smallest absolute Gasteiger partial charge is 0.339 e. The van der Waals surface area contributed by atoms with Crippen molar-refractivity contribution in [2.24, 2.45) is 0 Å². The summed E-state index contributed by atoms with van der Waals surface area (Å²) in [4.78, 5) is 14.6. The Bertz CT molecular complexity index is 438. The molecule has 61 valence electrons. The first-order chi connectivity index (χ1) is 5.79. The van der Waals surface area contributed by atoms with E-state index in [9.17, 15) is 4.79 Å². The fourth-order valence-electron chi connectivity index (χ4n) is 1.12. The number of pyridine rings is 1. The number of aromatic carboxylic acids is 1. The van der Waals surface area contributed by atoms with Crippen LogP contribution in [0.5, 0.6) is 0 Å². The van der Waals surface area contributed by atoms with Crippen molar-refractivity contribution in [3.05, 3.63) is 36.3 Å². The third-order valence-corrected chi connectivity index (χ3v) is 1.65. The van der Waals surface area contributed by atoms with Gasteiger partial charge in [-0.25, -0.2) is 9.78 Å². The molecule has 0 aromatic carbocycles. The Kier molecular flexibility index (Phi) is 2.76. The summed E-state index contributed by atoms with van der Waals surface area (Å²) in [6.07, 6.45) is 5.04. The number of hydrogen-bond acceptors (Lipinski definition) is 2. The van der Waals surface area contributed by atoms with Gasteiger partial charge in [0.05, 0.1) is 0 Å². The van der Waals surface area contributed by atoms with Crippen molar-refractivity contribution in [2.45, 2.75) is 0 Å². The molecule has 13 heavy (non-hydrogen) atoms. The Morgan fingerprint density at radius 1 is 1.46 bits per heavy atom. The summed E-state index contributed by atoms with van der Waals surface area (Å²) in [6.45, 7) is 0. The summed E-state index contributed by atoms with van der Waals surface area (Å²) in [5.41, 5.74) is 0.701. The van der Waals surface area contributed by atoms with Crippen molar-refractivity contribution >= 4 is 30.5 Å². The van der Waals surface area contributed by atoms with E-state index in [2.05, 4.69) is 4.98 Å².